The van der Waals surface area contributed by atoms with Gasteiger partial charge in [0.25, 0.3) is 5.91 Å². The van der Waals surface area contributed by atoms with E-state index in [4.69, 9.17) is 0 Å². The fourth-order valence-corrected chi connectivity index (χ4v) is 2.27. The van der Waals surface area contributed by atoms with Crippen LogP contribution in [0, 0.1) is 0 Å². The molecule has 0 spiro atoms. The molecule has 0 saturated carbocycles. The van der Waals surface area contributed by atoms with Crippen LogP contribution in [-0.4, -0.2) is 20.9 Å². The fourth-order valence-electron chi connectivity index (χ4n) is 2.27. The molecule has 2 aromatic heterocycles. The smallest absolute Gasteiger partial charge is 0.270 e. The quantitative estimate of drug-likeness (QED) is 0.799. The highest BCUT2D eigenvalue weighted by Gasteiger charge is 2.14. The lowest BCUT2D eigenvalue weighted by atomic mass is 10.0. The highest BCUT2D eigenvalue weighted by atomic mass is 16.1. The van der Waals surface area contributed by atoms with E-state index in [-0.39, 0.29) is 11.9 Å². The summed E-state index contributed by atoms with van der Waals surface area (Å²) in [5.74, 6) is -0.217. The van der Waals surface area contributed by atoms with Crippen LogP contribution < -0.4 is 5.32 Å². The van der Waals surface area contributed by atoms with Gasteiger partial charge in [-0.15, -0.1) is 0 Å². The molecule has 3 aromatic rings. The number of aromatic nitrogens is 3. The molecule has 0 fully saturated rings. The summed E-state index contributed by atoms with van der Waals surface area (Å²) < 4.78 is 0. The number of amides is 1. The molecule has 2 heterocycles. The van der Waals surface area contributed by atoms with E-state index in [0.29, 0.717) is 5.69 Å². The average molecular weight is 278 g/mol. The summed E-state index contributed by atoms with van der Waals surface area (Å²) in [4.78, 5) is 24.2. The highest BCUT2D eigenvalue weighted by molar-refractivity contribution is 5.93. The Morgan fingerprint density at radius 1 is 1.10 bits per heavy atom. The molecular formula is C16H14N4O. The molecule has 1 amide bonds. The number of carbonyl (C=O) groups is 1. The normalized spacial score (nSPS) is 12.0. The average Bonchev–Trinajstić information content (AvgIpc) is 2.55. The molecule has 104 valence electrons. The summed E-state index contributed by atoms with van der Waals surface area (Å²) in [5, 5.41) is 3.99. The van der Waals surface area contributed by atoms with Gasteiger partial charge in [0.15, 0.2) is 0 Å². The van der Waals surface area contributed by atoms with Crippen LogP contribution in [0.4, 0.5) is 0 Å². The summed E-state index contributed by atoms with van der Waals surface area (Å²) >= 11 is 0. The van der Waals surface area contributed by atoms with Gasteiger partial charge in [-0.05, 0) is 30.7 Å². The first-order valence-electron chi connectivity index (χ1n) is 6.66. The maximum absolute atomic E-state index is 12.1. The van der Waals surface area contributed by atoms with E-state index >= 15 is 0 Å². The number of carbonyl (C=O) groups excluding carboxylic acids is 1. The second-order valence-electron chi connectivity index (χ2n) is 4.71. The molecule has 1 unspecified atom stereocenters. The second kappa shape index (κ2) is 5.66. The number of hydrogen-bond acceptors (Lipinski definition) is 4. The van der Waals surface area contributed by atoms with Gasteiger partial charge in [0.05, 0.1) is 11.6 Å². The van der Waals surface area contributed by atoms with Crippen molar-refractivity contribution in [3.05, 3.63) is 66.4 Å². The summed E-state index contributed by atoms with van der Waals surface area (Å²) in [7, 11) is 0. The van der Waals surface area contributed by atoms with Gasteiger partial charge in [-0.25, -0.2) is 9.97 Å². The Morgan fingerprint density at radius 2 is 1.95 bits per heavy atom. The second-order valence-corrected chi connectivity index (χ2v) is 4.71. The van der Waals surface area contributed by atoms with E-state index in [1.54, 1.807) is 18.5 Å². The molecule has 1 N–H and O–H groups in total. The lowest BCUT2D eigenvalue weighted by Crippen LogP contribution is -2.27. The van der Waals surface area contributed by atoms with Gasteiger partial charge >= 0.3 is 0 Å². The van der Waals surface area contributed by atoms with Crippen LogP contribution in [0.5, 0.6) is 0 Å². The Hall–Kier alpha value is -2.82. The van der Waals surface area contributed by atoms with Crippen molar-refractivity contribution < 1.29 is 4.79 Å². The van der Waals surface area contributed by atoms with E-state index in [2.05, 4.69) is 20.3 Å². The zero-order valence-corrected chi connectivity index (χ0v) is 11.5. The van der Waals surface area contributed by atoms with Crippen molar-refractivity contribution >= 4 is 16.8 Å². The standard InChI is InChI=1S/C16H14N4O/c1-11(20-16(21)15-7-8-17-10-19-15)12-6-9-18-14-5-3-2-4-13(12)14/h2-11H,1H3,(H,20,21). The third-order valence-electron chi connectivity index (χ3n) is 3.31. The largest absolute Gasteiger partial charge is 0.344 e. The van der Waals surface area contributed by atoms with Crippen molar-refractivity contribution in [2.75, 3.05) is 0 Å². The molecule has 3 rings (SSSR count). The molecule has 5 nitrogen and oxygen atoms in total. The van der Waals surface area contributed by atoms with Crippen molar-refractivity contribution in [1.82, 2.24) is 20.3 Å². The number of nitrogens with one attached hydrogen (secondary N) is 1. The number of benzene rings is 1. The van der Waals surface area contributed by atoms with Gasteiger partial charge < -0.3 is 5.32 Å². The van der Waals surface area contributed by atoms with E-state index in [1.807, 2.05) is 37.3 Å². The highest BCUT2D eigenvalue weighted by Crippen LogP contribution is 2.22. The first-order valence-corrected chi connectivity index (χ1v) is 6.66. The third kappa shape index (κ3) is 2.72. The Kier molecular flexibility index (Phi) is 3.55. The van der Waals surface area contributed by atoms with Crippen molar-refractivity contribution in [2.24, 2.45) is 0 Å². The molecule has 0 saturated heterocycles. The number of fused-ring (bicyclic) bond motifs is 1. The minimum Gasteiger partial charge on any atom is -0.344 e. The molecule has 1 atom stereocenters. The van der Waals surface area contributed by atoms with E-state index < -0.39 is 0 Å². The van der Waals surface area contributed by atoms with Crippen LogP contribution in [0.1, 0.15) is 29.0 Å². The Labute approximate surface area is 122 Å². The van der Waals surface area contributed by atoms with Gasteiger partial charge in [0.1, 0.15) is 12.0 Å². The summed E-state index contributed by atoms with van der Waals surface area (Å²) in [6.45, 7) is 1.95. The predicted molar refractivity (Wildman–Crippen MR) is 79.7 cm³/mol. The minimum atomic E-state index is -0.217. The molecule has 0 bridgehead atoms. The van der Waals surface area contributed by atoms with E-state index in [9.17, 15) is 4.79 Å². The number of para-hydroxylation sites is 1. The molecule has 0 aliphatic rings. The molecule has 0 aliphatic heterocycles. The van der Waals surface area contributed by atoms with Crippen LogP contribution in [0.3, 0.4) is 0 Å². The van der Waals surface area contributed by atoms with Crippen molar-refractivity contribution in [3.8, 4) is 0 Å². The SMILES string of the molecule is CC(NC(=O)c1ccncn1)c1ccnc2ccccc12. The number of rotatable bonds is 3. The lowest BCUT2D eigenvalue weighted by molar-refractivity contribution is 0.0935. The zero-order valence-electron chi connectivity index (χ0n) is 11.5. The zero-order chi connectivity index (χ0) is 14.7. The first-order chi connectivity index (χ1) is 10.3. The van der Waals surface area contributed by atoms with Crippen LogP contribution in [0.15, 0.2) is 55.1 Å². The maximum atomic E-state index is 12.1. The fraction of sp³-hybridized carbons (Fsp3) is 0.125. The van der Waals surface area contributed by atoms with Gasteiger partial charge in [0.2, 0.25) is 0 Å². The summed E-state index contributed by atoms with van der Waals surface area (Å²) in [6, 6.07) is 11.2. The number of hydrogen-bond donors (Lipinski definition) is 1. The van der Waals surface area contributed by atoms with Crippen molar-refractivity contribution in [2.45, 2.75) is 13.0 Å². The molecule has 1 aromatic carbocycles. The van der Waals surface area contributed by atoms with Gasteiger partial charge in [-0.2, -0.15) is 0 Å². The first kappa shape index (κ1) is 13.2. The summed E-state index contributed by atoms with van der Waals surface area (Å²) in [6.07, 6.45) is 4.67. The topological polar surface area (TPSA) is 67.8 Å². The molecule has 21 heavy (non-hydrogen) atoms. The molecule has 5 heteroatoms. The molecule has 0 radical (unpaired) electrons. The molecular weight excluding hydrogens is 264 g/mol. The maximum Gasteiger partial charge on any atom is 0.270 e. The van der Waals surface area contributed by atoms with Crippen LogP contribution >= 0.6 is 0 Å². The van der Waals surface area contributed by atoms with Gasteiger partial charge in [0, 0.05) is 17.8 Å². The van der Waals surface area contributed by atoms with E-state index in [1.165, 1.54) is 6.33 Å². The Bertz CT molecular complexity index is 768. The lowest BCUT2D eigenvalue weighted by Gasteiger charge is -2.16. The number of nitrogens with zero attached hydrogens (tertiary/aromatic N) is 3. The third-order valence-corrected chi connectivity index (χ3v) is 3.31. The number of pyridine rings is 1. The Balaban J connectivity index is 1.88. The predicted octanol–water partition coefficient (Wildman–Crippen LogP) is 2.52. The monoisotopic (exact) mass is 278 g/mol. The van der Waals surface area contributed by atoms with Crippen molar-refractivity contribution in [3.63, 3.8) is 0 Å². The van der Waals surface area contributed by atoms with Gasteiger partial charge in [-0.3, -0.25) is 9.78 Å². The summed E-state index contributed by atoms with van der Waals surface area (Å²) in [5.41, 5.74) is 2.30. The molecule has 0 aliphatic carbocycles. The minimum absolute atomic E-state index is 0.139. The van der Waals surface area contributed by atoms with Crippen LogP contribution in [-0.2, 0) is 0 Å². The van der Waals surface area contributed by atoms with E-state index in [0.717, 1.165) is 16.5 Å². The van der Waals surface area contributed by atoms with Gasteiger partial charge in [-0.1, -0.05) is 18.2 Å². The van der Waals surface area contributed by atoms with Crippen molar-refractivity contribution in [1.29, 1.82) is 0 Å². The Morgan fingerprint density at radius 3 is 2.76 bits per heavy atom. The van der Waals surface area contributed by atoms with Crippen LogP contribution in [0.25, 0.3) is 10.9 Å². The van der Waals surface area contributed by atoms with Crippen LogP contribution in [0.2, 0.25) is 0 Å².